The maximum atomic E-state index is 11.8. The summed E-state index contributed by atoms with van der Waals surface area (Å²) in [5.41, 5.74) is 0. The molecule has 0 aromatic rings. The highest BCUT2D eigenvalue weighted by Gasteiger charge is 2.18. The van der Waals surface area contributed by atoms with Crippen molar-refractivity contribution in [1.29, 1.82) is 0 Å². The molecule has 2 unspecified atom stereocenters. The van der Waals surface area contributed by atoms with E-state index in [9.17, 15) is 9.59 Å². The second-order valence-electron chi connectivity index (χ2n) is 5.42. The molecule has 112 valence electrons. The Labute approximate surface area is 117 Å². The first kappa shape index (κ1) is 17.9. The van der Waals surface area contributed by atoms with Gasteiger partial charge in [0.2, 0.25) is 5.91 Å². The number of esters is 1. The highest BCUT2D eigenvalue weighted by atomic mass is 16.5. The Kier molecular flexibility index (Phi) is 9.27. The summed E-state index contributed by atoms with van der Waals surface area (Å²) in [6.45, 7) is 6.59. The molecule has 0 aliphatic rings. The van der Waals surface area contributed by atoms with E-state index >= 15 is 0 Å². The van der Waals surface area contributed by atoms with E-state index in [2.05, 4.69) is 13.8 Å². The van der Waals surface area contributed by atoms with Crippen LogP contribution in [-0.2, 0) is 14.3 Å². The second kappa shape index (κ2) is 9.82. The molecule has 0 bridgehead atoms. The molecule has 0 radical (unpaired) electrons. The Bertz CT molecular complexity index is 277. The van der Waals surface area contributed by atoms with Gasteiger partial charge in [0, 0.05) is 20.5 Å². The number of amides is 1. The summed E-state index contributed by atoms with van der Waals surface area (Å²) >= 11 is 0. The largest absolute Gasteiger partial charge is 0.465 e. The molecule has 0 spiro atoms. The van der Waals surface area contributed by atoms with Crippen molar-refractivity contribution in [2.45, 2.75) is 52.9 Å². The van der Waals surface area contributed by atoms with Crippen LogP contribution in [0.2, 0.25) is 0 Å². The van der Waals surface area contributed by atoms with Crippen molar-refractivity contribution in [3.05, 3.63) is 0 Å². The minimum atomic E-state index is -0.206. The molecular weight excluding hydrogens is 242 g/mol. The summed E-state index contributed by atoms with van der Waals surface area (Å²) in [6.07, 6.45) is 4.20. The van der Waals surface area contributed by atoms with Crippen molar-refractivity contribution >= 4 is 11.9 Å². The molecule has 0 N–H and O–H groups in total. The number of rotatable bonds is 9. The summed E-state index contributed by atoms with van der Waals surface area (Å²) in [5, 5.41) is 0. The summed E-state index contributed by atoms with van der Waals surface area (Å²) in [5.74, 6) is 0.130. The van der Waals surface area contributed by atoms with Crippen LogP contribution in [0.25, 0.3) is 0 Å². The smallest absolute Gasteiger partial charge is 0.308 e. The number of hydrogen-bond donors (Lipinski definition) is 0. The molecule has 0 aromatic heterocycles. The number of ether oxygens (including phenoxy) is 1. The molecule has 0 rings (SSSR count). The van der Waals surface area contributed by atoms with Gasteiger partial charge in [0.1, 0.15) is 0 Å². The zero-order valence-electron chi connectivity index (χ0n) is 13.1. The van der Waals surface area contributed by atoms with Crippen molar-refractivity contribution in [2.24, 2.45) is 11.8 Å². The highest BCUT2D eigenvalue weighted by molar-refractivity contribution is 5.77. The summed E-state index contributed by atoms with van der Waals surface area (Å²) < 4.78 is 5.34. The topological polar surface area (TPSA) is 46.6 Å². The fourth-order valence-corrected chi connectivity index (χ4v) is 1.84. The zero-order chi connectivity index (χ0) is 14.8. The lowest BCUT2D eigenvalue weighted by Gasteiger charge is -2.17. The molecule has 1 amide bonds. The van der Waals surface area contributed by atoms with E-state index in [-0.39, 0.29) is 17.8 Å². The van der Waals surface area contributed by atoms with Crippen molar-refractivity contribution in [3.8, 4) is 0 Å². The molecule has 0 fully saturated rings. The molecule has 0 aliphatic heterocycles. The highest BCUT2D eigenvalue weighted by Crippen LogP contribution is 2.14. The van der Waals surface area contributed by atoms with E-state index < -0.39 is 0 Å². The van der Waals surface area contributed by atoms with Crippen LogP contribution >= 0.6 is 0 Å². The monoisotopic (exact) mass is 271 g/mol. The molecule has 0 aliphatic carbocycles. The number of hydrogen-bond acceptors (Lipinski definition) is 3. The van der Waals surface area contributed by atoms with Gasteiger partial charge in [-0.2, -0.15) is 0 Å². The van der Waals surface area contributed by atoms with E-state index in [0.29, 0.717) is 25.4 Å². The molecule has 19 heavy (non-hydrogen) atoms. The SMILES string of the molecule is CCCC(CC)COC(=O)C(C)CCC(=O)N(C)C. The van der Waals surface area contributed by atoms with Crippen molar-refractivity contribution in [1.82, 2.24) is 4.90 Å². The fourth-order valence-electron chi connectivity index (χ4n) is 1.84. The van der Waals surface area contributed by atoms with Gasteiger partial charge in [0.05, 0.1) is 12.5 Å². The number of nitrogens with zero attached hydrogens (tertiary/aromatic N) is 1. The molecule has 2 atom stereocenters. The quantitative estimate of drug-likeness (QED) is 0.606. The lowest BCUT2D eigenvalue weighted by atomic mass is 10.0. The Morgan fingerprint density at radius 1 is 1.16 bits per heavy atom. The molecule has 4 heteroatoms. The van der Waals surface area contributed by atoms with Gasteiger partial charge >= 0.3 is 5.97 Å². The van der Waals surface area contributed by atoms with Gasteiger partial charge in [-0.3, -0.25) is 9.59 Å². The van der Waals surface area contributed by atoms with Crippen LogP contribution in [0.15, 0.2) is 0 Å². The molecule has 4 nitrogen and oxygen atoms in total. The Morgan fingerprint density at radius 2 is 1.79 bits per heavy atom. The van der Waals surface area contributed by atoms with E-state index in [1.54, 1.807) is 19.0 Å². The van der Waals surface area contributed by atoms with E-state index in [4.69, 9.17) is 4.74 Å². The maximum Gasteiger partial charge on any atom is 0.308 e. The van der Waals surface area contributed by atoms with Crippen molar-refractivity contribution in [3.63, 3.8) is 0 Å². The number of carbonyl (C=O) groups excluding carboxylic acids is 2. The van der Waals surface area contributed by atoms with Gasteiger partial charge in [0.15, 0.2) is 0 Å². The average Bonchev–Trinajstić information content (AvgIpc) is 2.39. The number of carbonyl (C=O) groups is 2. The fraction of sp³-hybridized carbons (Fsp3) is 0.867. The third-order valence-electron chi connectivity index (χ3n) is 3.43. The molecule has 0 aromatic carbocycles. The van der Waals surface area contributed by atoms with Gasteiger partial charge in [-0.1, -0.05) is 33.6 Å². The molecular formula is C15H29NO3. The normalized spacial score (nSPS) is 13.7. The van der Waals surface area contributed by atoms with Crippen LogP contribution in [0, 0.1) is 11.8 Å². The zero-order valence-corrected chi connectivity index (χ0v) is 13.1. The van der Waals surface area contributed by atoms with E-state index in [0.717, 1.165) is 19.3 Å². The van der Waals surface area contributed by atoms with Crippen molar-refractivity contribution < 1.29 is 14.3 Å². The Hall–Kier alpha value is -1.06. The van der Waals surface area contributed by atoms with E-state index in [1.165, 1.54) is 0 Å². The van der Waals surface area contributed by atoms with Crippen LogP contribution in [0.1, 0.15) is 52.9 Å². The minimum Gasteiger partial charge on any atom is -0.465 e. The Balaban J connectivity index is 3.96. The lowest BCUT2D eigenvalue weighted by Crippen LogP contribution is -2.24. The van der Waals surface area contributed by atoms with Crippen LogP contribution in [0.3, 0.4) is 0 Å². The van der Waals surface area contributed by atoms with Crippen molar-refractivity contribution in [2.75, 3.05) is 20.7 Å². The third-order valence-corrected chi connectivity index (χ3v) is 3.43. The lowest BCUT2D eigenvalue weighted by molar-refractivity contribution is -0.149. The summed E-state index contributed by atoms with van der Waals surface area (Å²) in [6, 6.07) is 0. The van der Waals surface area contributed by atoms with Crippen LogP contribution in [0.4, 0.5) is 0 Å². The Morgan fingerprint density at radius 3 is 2.26 bits per heavy atom. The van der Waals surface area contributed by atoms with Gasteiger partial charge in [-0.05, 0) is 18.8 Å². The van der Waals surface area contributed by atoms with Gasteiger partial charge in [0.25, 0.3) is 0 Å². The third kappa shape index (κ3) is 7.85. The second-order valence-corrected chi connectivity index (χ2v) is 5.42. The maximum absolute atomic E-state index is 11.8. The van der Waals surface area contributed by atoms with Gasteiger partial charge in [-0.25, -0.2) is 0 Å². The minimum absolute atomic E-state index is 0.0528. The first-order valence-corrected chi connectivity index (χ1v) is 7.29. The predicted octanol–water partition coefficient (Wildman–Crippen LogP) is 2.86. The van der Waals surface area contributed by atoms with Gasteiger partial charge in [-0.15, -0.1) is 0 Å². The molecule has 0 heterocycles. The first-order valence-electron chi connectivity index (χ1n) is 7.29. The molecule has 0 saturated heterocycles. The average molecular weight is 271 g/mol. The van der Waals surface area contributed by atoms with Crippen LogP contribution in [0.5, 0.6) is 0 Å². The predicted molar refractivity (Wildman–Crippen MR) is 76.7 cm³/mol. The van der Waals surface area contributed by atoms with Crippen LogP contribution < -0.4 is 0 Å². The van der Waals surface area contributed by atoms with Gasteiger partial charge < -0.3 is 9.64 Å². The van der Waals surface area contributed by atoms with E-state index in [1.807, 2.05) is 6.92 Å². The van der Waals surface area contributed by atoms with Crippen LogP contribution in [-0.4, -0.2) is 37.5 Å². The molecule has 0 saturated carbocycles. The summed E-state index contributed by atoms with van der Waals surface area (Å²) in [7, 11) is 3.45. The standard InChI is InChI=1S/C15H29NO3/c1-6-8-13(7-2)11-19-15(18)12(3)9-10-14(17)16(4)5/h12-13H,6-11H2,1-5H3. The summed E-state index contributed by atoms with van der Waals surface area (Å²) in [4.78, 5) is 24.8. The first-order chi connectivity index (χ1) is 8.92.